The summed E-state index contributed by atoms with van der Waals surface area (Å²) in [5, 5.41) is 13.3. The van der Waals surface area contributed by atoms with E-state index in [1.165, 1.54) is 0 Å². The molecular weight excluding hydrogens is 254 g/mol. The first kappa shape index (κ1) is 12.9. The van der Waals surface area contributed by atoms with Crippen LogP contribution in [-0.4, -0.2) is 37.4 Å². The van der Waals surface area contributed by atoms with E-state index in [9.17, 15) is 5.26 Å². The summed E-state index contributed by atoms with van der Waals surface area (Å²) < 4.78 is 11.5. The molecule has 1 fully saturated rings. The van der Waals surface area contributed by atoms with Gasteiger partial charge in [-0.2, -0.15) is 5.26 Å². The number of rotatable bonds is 3. The molecule has 1 aromatic heterocycles. The molecule has 20 heavy (non-hydrogen) atoms. The number of ether oxygens (including phenoxy) is 2. The number of hydrogen-bond acceptors (Lipinski definition) is 5. The first-order valence-electron chi connectivity index (χ1n) is 6.61. The molecule has 1 aromatic carbocycles. The van der Waals surface area contributed by atoms with Crippen molar-refractivity contribution in [3.8, 4) is 11.8 Å². The van der Waals surface area contributed by atoms with Gasteiger partial charge in [0.15, 0.2) is 0 Å². The molecule has 1 atom stereocenters. The van der Waals surface area contributed by atoms with Gasteiger partial charge in [-0.15, -0.1) is 0 Å². The van der Waals surface area contributed by atoms with Crippen LogP contribution < -0.4 is 10.1 Å². The lowest BCUT2D eigenvalue weighted by atomic mass is 10.1. The molecule has 0 amide bonds. The Kier molecular flexibility index (Phi) is 3.77. The highest BCUT2D eigenvalue weighted by molar-refractivity contribution is 5.87. The molecule has 5 nitrogen and oxygen atoms in total. The van der Waals surface area contributed by atoms with Gasteiger partial charge in [0.2, 0.25) is 0 Å². The number of hydrogen-bond donors (Lipinski definition) is 1. The Hall–Kier alpha value is -2.16. The second-order valence-electron chi connectivity index (χ2n) is 4.64. The molecule has 1 aliphatic heterocycles. The van der Waals surface area contributed by atoms with Gasteiger partial charge in [0.1, 0.15) is 30.1 Å². The zero-order chi connectivity index (χ0) is 13.8. The van der Waals surface area contributed by atoms with Crippen molar-refractivity contribution in [1.29, 1.82) is 5.26 Å². The molecule has 0 aliphatic carbocycles. The van der Waals surface area contributed by atoms with Crippen molar-refractivity contribution in [3.63, 3.8) is 0 Å². The number of nitrogens with one attached hydrogen (secondary N) is 1. The van der Waals surface area contributed by atoms with Gasteiger partial charge in [0, 0.05) is 24.7 Å². The lowest BCUT2D eigenvalue weighted by Gasteiger charge is -2.24. The Morgan fingerprint density at radius 1 is 1.45 bits per heavy atom. The smallest absolute Gasteiger partial charge is 0.148 e. The van der Waals surface area contributed by atoms with E-state index in [2.05, 4.69) is 16.4 Å². The number of fused-ring (bicyclic) bond motifs is 1. The van der Waals surface area contributed by atoms with Crippen LogP contribution in [0.5, 0.6) is 5.75 Å². The summed E-state index contributed by atoms with van der Waals surface area (Å²) in [6.45, 7) is 2.76. The van der Waals surface area contributed by atoms with E-state index in [0.29, 0.717) is 24.5 Å². The third-order valence-electron chi connectivity index (χ3n) is 3.26. The summed E-state index contributed by atoms with van der Waals surface area (Å²) in [6, 6.07) is 9.78. The first-order valence-corrected chi connectivity index (χ1v) is 6.61. The van der Waals surface area contributed by atoms with Gasteiger partial charge in [-0.25, -0.2) is 0 Å². The lowest BCUT2D eigenvalue weighted by molar-refractivity contribution is 0.000448. The van der Waals surface area contributed by atoms with Gasteiger partial charge in [-0.1, -0.05) is 12.1 Å². The standard InChI is InChI=1S/C15H15N3O2/c16-7-11-8-18-14-4-2-1-3-13(14)15(11)20-10-12-9-17-5-6-19-12/h1-4,8,12,17H,5-6,9-10H2. The maximum atomic E-state index is 9.20. The van der Waals surface area contributed by atoms with Crippen molar-refractivity contribution in [3.05, 3.63) is 36.0 Å². The van der Waals surface area contributed by atoms with Crippen molar-refractivity contribution >= 4 is 10.9 Å². The summed E-state index contributed by atoms with van der Waals surface area (Å²) in [6.07, 6.45) is 1.57. The van der Waals surface area contributed by atoms with Gasteiger partial charge in [-0.05, 0) is 12.1 Å². The van der Waals surface area contributed by atoms with Crippen LogP contribution in [-0.2, 0) is 4.74 Å². The third kappa shape index (κ3) is 2.57. The minimum atomic E-state index is 0.0159. The predicted molar refractivity (Wildman–Crippen MR) is 74.6 cm³/mol. The summed E-state index contributed by atoms with van der Waals surface area (Å²) >= 11 is 0. The Morgan fingerprint density at radius 2 is 2.35 bits per heavy atom. The highest BCUT2D eigenvalue weighted by atomic mass is 16.5. The van der Waals surface area contributed by atoms with Crippen molar-refractivity contribution in [2.24, 2.45) is 0 Å². The normalized spacial score (nSPS) is 18.6. The van der Waals surface area contributed by atoms with E-state index in [1.807, 2.05) is 24.3 Å². The minimum Gasteiger partial charge on any atom is -0.489 e. The van der Waals surface area contributed by atoms with Gasteiger partial charge >= 0.3 is 0 Å². The maximum Gasteiger partial charge on any atom is 0.148 e. The summed E-state index contributed by atoms with van der Waals surface area (Å²) in [7, 11) is 0. The molecule has 1 saturated heterocycles. The predicted octanol–water partition coefficient (Wildman–Crippen LogP) is 1.47. The molecule has 102 valence electrons. The quantitative estimate of drug-likeness (QED) is 0.914. The summed E-state index contributed by atoms with van der Waals surface area (Å²) in [5.74, 6) is 0.590. The molecule has 0 radical (unpaired) electrons. The van der Waals surface area contributed by atoms with Crippen LogP contribution >= 0.6 is 0 Å². The van der Waals surface area contributed by atoms with E-state index in [1.54, 1.807) is 6.20 Å². The number of pyridine rings is 1. The van der Waals surface area contributed by atoms with Gasteiger partial charge in [-0.3, -0.25) is 4.98 Å². The third-order valence-corrected chi connectivity index (χ3v) is 3.26. The molecule has 2 heterocycles. The number of morpholine rings is 1. The molecule has 3 rings (SSSR count). The van der Waals surface area contributed by atoms with Gasteiger partial charge < -0.3 is 14.8 Å². The van der Waals surface area contributed by atoms with Crippen molar-refractivity contribution in [1.82, 2.24) is 10.3 Å². The van der Waals surface area contributed by atoms with Crippen LogP contribution in [0.1, 0.15) is 5.56 Å². The molecular formula is C15H15N3O2. The number of para-hydroxylation sites is 1. The van der Waals surface area contributed by atoms with Crippen LogP contribution in [0.15, 0.2) is 30.5 Å². The molecule has 5 heteroatoms. The Morgan fingerprint density at radius 3 is 3.15 bits per heavy atom. The average Bonchev–Trinajstić information content (AvgIpc) is 2.53. The maximum absolute atomic E-state index is 9.20. The van der Waals surface area contributed by atoms with Crippen LogP contribution in [0.2, 0.25) is 0 Å². The number of nitriles is 1. The van der Waals surface area contributed by atoms with Crippen molar-refractivity contribution in [2.45, 2.75) is 6.10 Å². The number of nitrogens with zero attached hydrogens (tertiary/aromatic N) is 2. The van der Waals surface area contributed by atoms with Crippen molar-refractivity contribution < 1.29 is 9.47 Å². The van der Waals surface area contributed by atoms with E-state index in [-0.39, 0.29) is 6.10 Å². The van der Waals surface area contributed by atoms with Crippen molar-refractivity contribution in [2.75, 3.05) is 26.3 Å². The first-order chi connectivity index (χ1) is 9.88. The SMILES string of the molecule is N#Cc1cnc2ccccc2c1OCC1CNCCO1. The van der Waals surface area contributed by atoms with E-state index in [0.717, 1.165) is 24.0 Å². The average molecular weight is 269 g/mol. The number of aromatic nitrogens is 1. The fraction of sp³-hybridized carbons (Fsp3) is 0.333. The molecule has 1 unspecified atom stereocenters. The minimum absolute atomic E-state index is 0.0159. The zero-order valence-electron chi connectivity index (χ0n) is 11.0. The molecule has 1 aliphatic rings. The van der Waals surface area contributed by atoms with Crippen LogP contribution in [0.3, 0.4) is 0 Å². The van der Waals surface area contributed by atoms with Crippen LogP contribution in [0.25, 0.3) is 10.9 Å². The fourth-order valence-electron chi connectivity index (χ4n) is 2.25. The second-order valence-corrected chi connectivity index (χ2v) is 4.64. The molecule has 0 spiro atoms. The highest BCUT2D eigenvalue weighted by Crippen LogP contribution is 2.27. The number of benzene rings is 1. The molecule has 2 aromatic rings. The van der Waals surface area contributed by atoms with Crippen LogP contribution in [0, 0.1) is 11.3 Å². The summed E-state index contributed by atoms with van der Waals surface area (Å²) in [5.41, 5.74) is 1.27. The topological polar surface area (TPSA) is 67.2 Å². The molecule has 0 bridgehead atoms. The molecule has 1 N–H and O–H groups in total. The largest absolute Gasteiger partial charge is 0.489 e. The van der Waals surface area contributed by atoms with E-state index in [4.69, 9.17) is 9.47 Å². The second kappa shape index (κ2) is 5.87. The van der Waals surface area contributed by atoms with Gasteiger partial charge in [0.05, 0.1) is 12.1 Å². The Labute approximate surface area is 117 Å². The van der Waals surface area contributed by atoms with Crippen LogP contribution in [0.4, 0.5) is 0 Å². The molecule has 0 saturated carbocycles. The summed E-state index contributed by atoms with van der Waals surface area (Å²) in [4.78, 5) is 4.26. The van der Waals surface area contributed by atoms with Gasteiger partial charge in [0.25, 0.3) is 0 Å². The van der Waals surface area contributed by atoms with E-state index >= 15 is 0 Å². The Bertz CT molecular complexity index is 645. The Balaban J connectivity index is 1.87. The zero-order valence-corrected chi connectivity index (χ0v) is 11.0. The highest BCUT2D eigenvalue weighted by Gasteiger charge is 2.16. The van der Waals surface area contributed by atoms with E-state index < -0.39 is 0 Å². The fourth-order valence-corrected chi connectivity index (χ4v) is 2.25. The lowest BCUT2D eigenvalue weighted by Crippen LogP contribution is -2.41. The monoisotopic (exact) mass is 269 g/mol.